The fraction of sp³-hybridized carbons (Fsp3) is 0.385. The highest BCUT2D eigenvalue weighted by atomic mass is 16.3. The molecular weight excluding hydrogens is 430 g/mol. The van der Waals surface area contributed by atoms with Crippen LogP contribution < -0.4 is 5.32 Å². The molecule has 0 radical (unpaired) electrons. The van der Waals surface area contributed by atoms with E-state index in [1.165, 1.54) is 0 Å². The van der Waals surface area contributed by atoms with E-state index in [1.54, 1.807) is 21.7 Å². The topological polar surface area (TPSA) is 111 Å². The Kier molecular flexibility index (Phi) is 6.40. The molecule has 2 heterocycles. The Hall–Kier alpha value is -3.70. The number of hydrogen-bond acceptors (Lipinski definition) is 5. The maximum absolute atomic E-state index is 13.4. The van der Waals surface area contributed by atoms with Gasteiger partial charge in [0.1, 0.15) is 6.04 Å². The van der Waals surface area contributed by atoms with Crippen LogP contribution in [0.4, 0.5) is 0 Å². The molecule has 2 atom stereocenters. The number of β-amino-alcohol motifs (C(OH)–C–C–N with tert-alkyl or cyclic N) is 1. The van der Waals surface area contributed by atoms with Crippen molar-refractivity contribution in [1.82, 2.24) is 20.0 Å². The Morgan fingerprint density at radius 1 is 1.21 bits per heavy atom. The van der Waals surface area contributed by atoms with Crippen LogP contribution in [0.1, 0.15) is 48.8 Å². The van der Waals surface area contributed by atoms with Crippen molar-refractivity contribution < 1.29 is 14.7 Å². The van der Waals surface area contributed by atoms with Crippen LogP contribution in [0.2, 0.25) is 0 Å². The van der Waals surface area contributed by atoms with Gasteiger partial charge in [-0.05, 0) is 35.6 Å². The monoisotopic (exact) mass is 459 g/mol. The van der Waals surface area contributed by atoms with Gasteiger partial charge < -0.3 is 15.3 Å². The molecule has 1 fully saturated rings. The summed E-state index contributed by atoms with van der Waals surface area (Å²) in [6.45, 7) is 6.92. The lowest BCUT2D eigenvalue weighted by Crippen LogP contribution is -2.54. The summed E-state index contributed by atoms with van der Waals surface area (Å²) in [4.78, 5) is 28.2. The summed E-state index contributed by atoms with van der Waals surface area (Å²) in [6, 6.07) is 16.1. The summed E-state index contributed by atoms with van der Waals surface area (Å²) in [5.74, 6) is -0.610. The third-order valence-corrected chi connectivity index (χ3v) is 6.15. The second-order valence-electron chi connectivity index (χ2n) is 9.83. The molecule has 1 aliphatic heterocycles. The zero-order valence-corrected chi connectivity index (χ0v) is 19.7. The second kappa shape index (κ2) is 9.27. The molecular formula is C26H29N5O3. The van der Waals surface area contributed by atoms with Crippen molar-refractivity contribution >= 4 is 22.7 Å². The molecule has 8 heteroatoms. The first-order valence-electron chi connectivity index (χ1n) is 11.4. The first-order valence-corrected chi connectivity index (χ1v) is 11.4. The normalized spacial score (nSPS) is 16.9. The number of carbonyl (C=O) groups is 2. The number of aliphatic hydroxyl groups excluding tert-OH is 1. The number of nitriles is 1. The predicted octanol–water partition coefficient (Wildman–Crippen LogP) is 2.69. The predicted molar refractivity (Wildman–Crippen MR) is 128 cm³/mol. The quantitative estimate of drug-likeness (QED) is 0.609. The van der Waals surface area contributed by atoms with Crippen molar-refractivity contribution in [3.05, 3.63) is 65.4 Å². The highest BCUT2D eigenvalue weighted by Gasteiger charge is 2.38. The fourth-order valence-electron chi connectivity index (χ4n) is 4.25. The Labute approximate surface area is 198 Å². The van der Waals surface area contributed by atoms with Gasteiger partial charge in [-0.25, -0.2) is 0 Å². The third kappa shape index (κ3) is 4.80. The maximum Gasteiger partial charge on any atom is 0.273 e. The number of para-hydroxylation sites is 1. The Bertz CT molecular complexity index is 1250. The molecule has 2 N–H and O–H groups in total. The first kappa shape index (κ1) is 23.5. The fourth-order valence-corrected chi connectivity index (χ4v) is 4.25. The van der Waals surface area contributed by atoms with Crippen LogP contribution in [0, 0.1) is 16.7 Å². The summed E-state index contributed by atoms with van der Waals surface area (Å²) in [6.07, 6.45) is 0.0168. The SMILES string of the molecule is CC(C)(C)[C@H](NC(=O)c1nn(Cc2ccc(C#N)cc2)c2ccccc12)C(=O)N1CC[C@@H](O)C1. The minimum atomic E-state index is -0.757. The Balaban J connectivity index is 1.62. The largest absolute Gasteiger partial charge is 0.391 e. The number of likely N-dealkylation sites (tertiary alicyclic amines) is 1. The second-order valence-corrected chi connectivity index (χ2v) is 9.83. The molecule has 34 heavy (non-hydrogen) atoms. The smallest absolute Gasteiger partial charge is 0.273 e. The van der Waals surface area contributed by atoms with Gasteiger partial charge in [-0.2, -0.15) is 10.4 Å². The molecule has 0 spiro atoms. The molecule has 1 aromatic heterocycles. The highest BCUT2D eigenvalue weighted by Crippen LogP contribution is 2.25. The van der Waals surface area contributed by atoms with Gasteiger partial charge in [0.25, 0.3) is 5.91 Å². The molecule has 2 amide bonds. The number of aliphatic hydroxyl groups is 1. The molecule has 0 saturated carbocycles. The molecule has 2 aromatic carbocycles. The van der Waals surface area contributed by atoms with E-state index in [9.17, 15) is 14.7 Å². The van der Waals surface area contributed by atoms with Gasteiger partial charge in [0.05, 0.1) is 29.8 Å². The molecule has 3 aromatic rings. The third-order valence-electron chi connectivity index (χ3n) is 6.15. The van der Waals surface area contributed by atoms with Crippen LogP contribution >= 0.6 is 0 Å². The van der Waals surface area contributed by atoms with Crippen molar-refractivity contribution in [3.8, 4) is 6.07 Å². The van der Waals surface area contributed by atoms with Crippen molar-refractivity contribution in [3.63, 3.8) is 0 Å². The average molecular weight is 460 g/mol. The first-order chi connectivity index (χ1) is 16.2. The summed E-state index contributed by atoms with van der Waals surface area (Å²) in [5.41, 5.74) is 2.07. The van der Waals surface area contributed by atoms with Crippen LogP contribution in [0.3, 0.4) is 0 Å². The molecule has 1 aliphatic rings. The van der Waals surface area contributed by atoms with Crippen molar-refractivity contribution in [2.24, 2.45) is 5.41 Å². The molecule has 0 aliphatic carbocycles. The van der Waals surface area contributed by atoms with E-state index >= 15 is 0 Å². The van der Waals surface area contributed by atoms with E-state index in [0.29, 0.717) is 30.5 Å². The van der Waals surface area contributed by atoms with Gasteiger partial charge in [-0.1, -0.05) is 51.1 Å². The van der Waals surface area contributed by atoms with Crippen molar-refractivity contribution in [1.29, 1.82) is 5.26 Å². The number of fused-ring (bicyclic) bond motifs is 1. The van der Waals surface area contributed by atoms with Gasteiger partial charge in [0.15, 0.2) is 5.69 Å². The lowest BCUT2D eigenvalue weighted by Gasteiger charge is -2.33. The van der Waals surface area contributed by atoms with Crippen molar-refractivity contribution in [2.75, 3.05) is 13.1 Å². The van der Waals surface area contributed by atoms with Crippen molar-refractivity contribution in [2.45, 2.75) is 45.9 Å². The van der Waals surface area contributed by atoms with E-state index < -0.39 is 23.5 Å². The number of nitrogens with zero attached hydrogens (tertiary/aromatic N) is 4. The summed E-state index contributed by atoms with van der Waals surface area (Å²) < 4.78 is 1.76. The number of nitrogens with one attached hydrogen (secondary N) is 1. The number of benzene rings is 2. The Morgan fingerprint density at radius 3 is 2.53 bits per heavy atom. The molecule has 8 nitrogen and oxygen atoms in total. The van der Waals surface area contributed by atoms with E-state index in [0.717, 1.165) is 11.1 Å². The van der Waals surface area contributed by atoms with Gasteiger partial charge in [0.2, 0.25) is 5.91 Å². The molecule has 1 saturated heterocycles. The summed E-state index contributed by atoms with van der Waals surface area (Å²) in [5, 5.41) is 27.1. The maximum atomic E-state index is 13.4. The molecule has 176 valence electrons. The number of carbonyl (C=O) groups excluding carboxylic acids is 2. The van der Waals surface area contributed by atoms with E-state index in [4.69, 9.17) is 5.26 Å². The van der Waals surface area contributed by atoms with E-state index in [2.05, 4.69) is 16.5 Å². The highest BCUT2D eigenvalue weighted by molar-refractivity contribution is 6.06. The number of rotatable bonds is 5. The zero-order chi connectivity index (χ0) is 24.5. The van der Waals surface area contributed by atoms with Gasteiger partial charge >= 0.3 is 0 Å². The van der Waals surface area contributed by atoms with Gasteiger partial charge in [0, 0.05) is 18.5 Å². The molecule has 4 rings (SSSR count). The minimum Gasteiger partial charge on any atom is -0.391 e. The number of aromatic nitrogens is 2. The van der Waals surface area contributed by atoms with Gasteiger partial charge in [-0.3, -0.25) is 14.3 Å². The molecule has 0 bridgehead atoms. The van der Waals surface area contributed by atoms with Crippen LogP contribution in [0.25, 0.3) is 10.9 Å². The van der Waals surface area contributed by atoms with Crippen LogP contribution in [-0.2, 0) is 11.3 Å². The van der Waals surface area contributed by atoms with E-state index in [1.807, 2.05) is 57.2 Å². The lowest BCUT2D eigenvalue weighted by molar-refractivity contribution is -0.135. The Morgan fingerprint density at radius 2 is 1.91 bits per heavy atom. The summed E-state index contributed by atoms with van der Waals surface area (Å²) >= 11 is 0. The minimum absolute atomic E-state index is 0.196. The zero-order valence-electron chi connectivity index (χ0n) is 19.7. The van der Waals surface area contributed by atoms with Crippen LogP contribution in [-0.4, -0.2) is 56.8 Å². The number of amides is 2. The average Bonchev–Trinajstić information content (AvgIpc) is 3.41. The standard InChI is InChI=1S/C26H29N5O3/c1-26(2,3)23(25(34)30-13-12-19(32)16-30)28-24(33)22-20-6-4-5-7-21(20)31(29-22)15-18-10-8-17(14-27)9-11-18/h4-11,19,23,32H,12-13,15-16H2,1-3H3,(H,28,33)/t19-,23-/m1/s1. The summed E-state index contributed by atoms with van der Waals surface area (Å²) in [7, 11) is 0. The number of hydrogen-bond donors (Lipinski definition) is 2. The van der Waals surface area contributed by atoms with Gasteiger partial charge in [-0.15, -0.1) is 0 Å². The van der Waals surface area contributed by atoms with Crippen LogP contribution in [0.15, 0.2) is 48.5 Å². The lowest BCUT2D eigenvalue weighted by atomic mass is 9.85. The van der Waals surface area contributed by atoms with E-state index in [-0.39, 0.29) is 18.1 Å². The van der Waals surface area contributed by atoms with Crippen LogP contribution in [0.5, 0.6) is 0 Å². The molecule has 0 unspecified atom stereocenters.